The monoisotopic (exact) mass is 222 g/mol. The highest BCUT2D eigenvalue weighted by Gasteiger charge is 2.03. The summed E-state index contributed by atoms with van der Waals surface area (Å²) in [7, 11) is 0. The van der Waals surface area contributed by atoms with Crippen LogP contribution in [-0.4, -0.2) is 5.17 Å². The van der Waals surface area contributed by atoms with E-state index in [4.69, 9.17) is 11.1 Å². The van der Waals surface area contributed by atoms with Gasteiger partial charge in [-0.3, -0.25) is 5.41 Å². The van der Waals surface area contributed by atoms with Gasteiger partial charge in [-0.25, -0.2) is 0 Å². The molecule has 82 valence electrons. The van der Waals surface area contributed by atoms with Gasteiger partial charge in [0.05, 0.1) is 0 Å². The zero-order valence-corrected chi connectivity index (χ0v) is 10.1. The van der Waals surface area contributed by atoms with Crippen molar-refractivity contribution in [3.05, 3.63) is 35.4 Å². The van der Waals surface area contributed by atoms with Crippen molar-refractivity contribution in [2.45, 2.75) is 31.9 Å². The van der Waals surface area contributed by atoms with E-state index in [9.17, 15) is 0 Å². The molecule has 1 aromatic rings. The minimum atomic E-state index is 0.184. The van der Waals surface area contributed by atoms with E-state index < -0.39 is 0 Å². The van der Waals surface area contributed by atoms with Gasteiger partial charge >= 0.3 is 0 Å². The third-order valence-corrected chi connectivity index (χ3v) is 3.32. The lowest BCUT2D eigenvalue weighted by Gasteiger charge is -2.10. The predicted molar refractivity (Wildman–Crippen MR) is 68.4 cm³/mol. The second-order valence-corrected chi connectivity index (χ2v) is 4.72. The highest BCUT2D eigenvalue weighted by molar-refractivity contribution is 8.13. The van der Waals surface area contributed by atoms with Crippen LogP contribution in [0.25, 0.3) is 0 Å². The zero-order valence-electron chi connectivity index (χ0n) is 9.29. The highest BCUT2D eigenvalue weighted by Crippen LogP contribution is 2.21. The van der Waals surface area contributed by atoms with Crippen molar-refractivity contribution in [2.75, 3.05) is 0 Å². The molecule has 1 aromatic carbocycles. The summed E-state index contributed by atoms with van der Waals surface area (Å²) in [6, 6.07) is 8.54. The van der Waals surface area contributed by atoms with Crippen LogP contribution in [-0.2, 0) is 5.75 Å². The van der Waals surface area contributed by atoms with Crippen LogP contribution in [0.4, 0.5) is 0 Å². The number of nitrogens with one attached hydrogen (secondary N) is 1. The van der Waals surface area contributed by atoms with Crippen LogP contribution in [0.1, 0.15) is 37.3 Å². The van der Waals surface area contributed by atoms with Gasteiger partial charge in [-0.15, -0.1) is 0 Å². The maximum absolute atomic E-state index is 7.16. The summed E-state index contributed by atoms with van der Waals surface area (Å²) < 4.78 is 0. The average Bonchev–Trinajstić information content (AvgIpc) is 2.25. The van der Waals surface area contributed by atoms with Crippen LogP contribution in [0.5, 0.6) is 0 Å². The minimum absolute atomic E-state index is 0.184. The number of amidine groups is 1. The van der Waals surface area contributed by atoms with Gasteiger partial charge in [0.1, 0.15) is 0 Å². The summed E-state index contributed by atoms with van der Waals surface area (Å²) in [5, 5.41) is 7.34. The number of benzene rings is 1. The topological polar surface area (TPSA) is 49.9 Å². The lowest BCUT2D eigenvalue weighted by atomic mass is 9.97. The number of thioether (sulfide) groups is 1. The molecule has 0 aromatic heterocycles. The van der Waals surface area contributed by atoms with Gasteiger partial charge in [0, 0.05) is 5.75 Å². The molecule has 0 heterocycles. The molecule has 0 aliphatic rings. The molecule has 3 N–H and O–H groups in total. The van der Waals surface area contributed by atoms with E-state index in [-0.39, 0.29) is 5.17 Å². The molecule has 0 spiro atoms. The summed E-state index contributed by atoms with van der Waals surface area (Å²) in [4.78, 5) is 0. The van der Waals surface area contributed by atoms with Crippen LogP contribution in [0.15, 0.2) is 24.3 Å². The molecular formula is C12H18N2S. The van der Waals surface area contributed by atoms with Crippen molar-refractivity contribution < 1.29 is 0 Å². The number of hydrogen-bond acceptors (Lipinski definition) is 2. The molecule has 2 nitrogen and oxygen atoms in total. The second kappa shape index (κ2) is 5.81. The van der Waals surface area contributed by atoms with E-state index in [0.29, 0.717) is 5.92 Å². The summed E-state index contributed by atoms with van der Waals surface area (Å²) in [5.74, 6) is 1.40. The smallest absolute Gasteiger partial charge is 0.151 e. The highest BCUT2D eigenvalue weighted by atomic mass is 32.2. The van der Waals surface area contributed by atoms with Crippen molar-refractivity contribution in [1.82, 2.24) is 0 Å². The summed E-state index contributed by atoms with van der Waals surface area (Å²) in [6.07, 6.45) is 1.16. The molecular weight excluding hydrogens is 204 g/mol. The molecule has 15 heavy (non-hydrogen) atoms. The first-order valence-electron chi connectivity index (χ1n) is 5.19. The van der Waals surface area contributed by atoms with Crippen molar-refractivity contribution in [2.24, 2.45) is 5.73 Å². The van der Waals surface area contributed by atoms with E-state index in [1.165, 1.54) is 22.9 Å². The average molecular weight is 222 g/mol. The lowest BCUT2D eigenvalue weighted by Crippen LogP contribution is -2.04. The largest absolute Gasteiger partial charge is 0.379 e. The predicted octanol–water partition coefficient (Wildman–Crippen LogP) is 3.33. The van der Waals surface area contributed by atoms with E-state index in [2.05, 4.69) is 38.1 Å². The van der Waals surface area contributed by atoms with Gasteiger partial charge in [0.15, 0.2) is 5.17 Å². The van der Waals surface area contributed by atoms with Gasteiger partial charge < -0.3 is 5.73 Å². The van der Waals surface area contributed by atoms with Crippen LogP contribution < -0.4 is 5.73 Å². The third kappa shape index (κ3) is 3.96. The van der Waals surface area contributed by atoms with E-state index in [0.717, 1.165) is 12.2 Å². The fraction of sp³-hybridized carbons (Fsp3) is 0.417. The van der Waals surface area contributed by atoms with E-state index >= 15 is 0 Å². The van der Waals surface area contributed by atoms with Crippen LogP contribution >= 0.6 is 11.8 Å². The molecule has 0 saturated carbocycles. The van der Waals surface area contributed by atoms with Crippen LogP contribution in [0, 0.1) is 5.41 Å². The Morgan fingerprint density at radius 1 is 1.53 bits per heavy atom. The molecule has 0 fully saturated rings. The number of nitrogens with two attached hydrogens (primary N) is 1. The van der Waals surface area contributed by atoms with Crippen LogP contribution in [0.2, 0.25) is 0 Å². The number of hydrogen-bond donors (Lipinski definition) is 2. The fourth-order valence-corrected chi connectivity index (χ4v) is 1.89. The Morgan fingerprint density at radius 3 is 2.87 bits per heavy atom. The molecule has 0 saturated heterocycles. The first-order chi connectivity index (χ1) is 7.13. The first kappa shape index (κ1) is 12.1. The molecule has 0 aliphatic carbocycles. The van der Waals surface area contributed by atoms with Crippen molar-refractivity contribution in [3.63, 3.8) is 0 Å². The van der Waals surface area contributed by atoms with Gasteiger partial charge in [-0.1, -0.05) is 49.9 Å². The molecule has 0 aliphatic heterocycles. The Kier molecular flexibility index (Phi) is 4.69. The summed E-state index contributed by atoms with van der Waals surface area (Å²) in [6.45, 7) is 4.43. The first-order valence-corrected chi connectivity index (χ1v) is 6.17. The quantitative estimate of drug-likeness (QED) is 0.606. The molecule has 0 radical (unpaired) electrons. The Morgan fingerprint density at radius 2 is 2.27 bits per heavy atom. The molecule has 1 unspecified atom stereocenters. The Balaban J connectivity index is 2.69. The Labute approximate surface area is 95.8 Å². The second-order valence-electron chi connectivity index (χ2n) is 3.71. The summed E-state index contributed by atoms with van der Waals surface area (Å²) in [5.41, 5.74) is 7.93. The normalized spacial score (nSPS) is 12.4. The standard InChI is InChI=1S/C12H18N2S/c1-3-9(2)11-6-4-5-10(7-11)8-15-12(13)14/h4-7,9H,3,8H2,1-2H3,(H3,13,14). The van der Waals surface area contributed by atoms with Crippen LogP contribution in [0.3, 0.4) is 0 Å². The fourth-order valence-electron chi connectivity index (χ4n) is 1.39. The molecule has 1 atom stereocenters. The van der Waals surface area contributed by atoms with Crippen molar-refractivity contribution in [3.8, 4) is 0 Å². The van der Waals surface area contributed by atoms with E-state index in [1.807, 2.05) is 0 Å². The summed E-state index contributed by atoms with van der Waals surface area (Å²) >= 11 is 1.37. The van der Waals surface area contributed by atoms with Crippen molar-refractivity contribution >= 4 is 16.9 Å². The Bertz CT molecular complexity index is 336. The van der Waals surface area contributed by atoms with Gasteiger partial charge in [0.25, 0.3) is 0 Å². The lowest BCUT2D eigenvalue weighted by molar-refractivity contribution is 0.733. The molecule has 1 rings (SSSR count). The van der Waals surface area contributed by atoms with Gasteiger partial charge in [0.2, 0.25) is 0 Å². The maximum Gasteiger partial charge on any atom is 0.151 e. The number of rotatable bonds is 4. The zero-order chi connectivity index (χ0) is 11.3. The SMILES string of the molecule is CCC(C)c1cccc(CSC(=N)N)c1. The van der Waals surface area contributed by atoms with E-state index in [1.54, 1.807) is 0 Å². The molecule has 0 bridgehead atoms. The van der Waals surface area contributed by atoms with Gasteiger partial charge in [-0.05, 0) is 23.5 Å². The van der Waals surface area contributed by atoms with Crippen molar-refractivity contribution in [1.29, 1.82) is 5.41 Å². The van der Waals surface area contributed by atoms with Gasteiger partial charge in [-0.2, -0.15) is 0 Å². The Hall–Kier alpha value is -0.960. The molecule has 3 heteroatoms. The maximum atomic E-state index is 7.16. The minimum Gasteiger partial charge on any atom is -0.379 e. The molecule has 0 amide bonds. The third-order valence-electron chi connectivity index (χ3n) is 2.53.